The summed E-state index contributed by atoms with van der Waals surface area (Å²) in [6, 6.07) is 6.98. The van der Waals surface area contributed by atoms with Gasteiger partial charge in [-0.3, -0.25) is 0 Å². The molecule has 19 heavy (non-hydrogen) atoms. The molecule has 0 fully saturated rings. The van der Waals surface area contributed by atoms with E-state index in [9.17, 15) is 0 Å². The van der Waals surface area contributed by atoms with E-state index in [-0.39, 0.29) is 12.1 Å². The molecule has 0 saturated heterocycles. The van der Waals surface area contributed by atoms with Crippen LogP contribution in [0.2, 0.25) is 0 Å². The Morgan fingerprint density at radius 2 is 1.84 bits per heavy atom. The van der Waals surface area contributed by atoms with Gasteiger partial charge in [-0.1, -0.05) is 26.0 Å². The summed E-state index contributed by atoms with van der Waals surface area (Å²) in [7, 11) is 5.91. The summed E-state index contributed by atoms with van der Waals surface area (Å²) in [5, 5.41) is 0. The van der Waals surface area contributed by atoms with Gasteiger partial charge in [-0.25, -0.2) is 0 Å². The Bertz CT molecular complexity index is 400. The van der Waals surface area contributed by atoms with Crippen molar-refractivity contribution in [1.82, 2.24) is 4.90 Å². The Morgan fingerprint density at radius 1 is 1.21 bits per heavy atom. The van der Waals surface area contributed by atoms with Crippen molar-refractivity contribution in [1.29, 1.82) is 0 Å². The minimum atomic E-state index is 0.168. The molecule has 1 rings (SSSR count). The summed E-state index contributed by atoms with van der Waals surface area (Å²) < 4.78 is 5.58. The van der Waals surface area contributed by atoms with Crippen LogP contribution in [-0.4, -0.2) is 32.1 Å². The molecule has 0 aliphatic carbocycles. The van der Waals surface area contributed by atoms with Crippen molar-refractivity contribution >= 4 is 0 Å². The van der Waals surface area contributed by atoms with Crippen LogP contribution in [0.4, 0.5) is 0 Å². The zero-order valence-corrected chi connectivity index (χ0v) is 13.1. The number of hydrogen-bond acceptors (Lipinski definition) is 3. The zero-order chi connectivity index (χ0) is 14.6. The minimum absolute atomic E-state index is 0.168. The molecule has 0 spiro atoms. The van der Waals surface area contributed by atoms with Crippen LogP contribution in [0.1, 0.15) is 50.3 Å². The van der Waals surface area contributed by atoms with Gasteiger partial charge in [0.2, 0.25) is 0 Å². The first-order valence-corrected chi connectivity index (χ1v) is 6.96. The molecular formula is C16H28N2O. The van der Waals surface area contributed by atoms with Gasteiger partial charge >= 0.3 is 0 Å². The summed E-state index contributed by atoms with van der Waals surface area (Å²) in [4.78, 5) is 2.20. The van der Waals surface area contributed by atoms with Crippen molar-refractivity contribution in [2.24, 2.45) is 5.73 Å². The lowest BCUT2D eigenvalue weighted by atomic mass is 9.94. The van der Waals surface area contributed by atoms with Gasteiger partial charge in [0, 0.05) is 17.6 Å². The Morgan fingerprint density at radius 3 is 2.26 bits per heavy atom. The van der Waals surface area contributed by atoms with Gasteiger partial charge in [-0.15, -0.1) is 0 Å². The van der Waals surface area contributed by atoms with E-state index in [1.54, 1.807) is 7.11 Å². The summed E-state index contributed by atoms with van der Waals surface area (Å²) in [5.74, 6) is 1.47. The molecule has 2 atom stereocenters. The molecule has 3 nitrogen and oxygen atoms in total. The lowest BCUT2D eigenvalue weighted by Gasteiger charge is -2.28. The topological polar surface area (TPSA) is 38.5 Å². The molecule has 2 N–H and O–H groups in total. The van der Waals surface area contributed by atoms with Gasteiger partial charge in [0.05, 0.1) is 7.11 Å². The number of rotatable bonds is 6. The predicted octanol–water partition coefficient (Wildman–Crippen LogP) is 3.16. The second kappa shape index (κ2) is 6.92. The van der Waals surface area contributed by atoms with Crippen molar-refractivity contribution in [2.45, 2.75) is 45.2 Å². The van der Waals surface area contributed by atoms with E-state index in [0.717, 1.165) is 12.2 Å². The van der Waals surface area contributed by atoms with E-state index >= 15 is 0 Å². The number of methoxy groups -OCH3 is 1. The van der Waals surface area contributed by atoms with Gasteiger partial charge in [-0.05, 0) is 45.0 Å². The van der Waals surface area contributed by atoms with E-state index < -0.39 is 0 Å². The average Bonchev–Trinajstić information content (AvgIpc) is 2.34. The predicted molar refractivity (Wildman–Crippen MR) is 81.8 cm³/mol. The standard InChI is InChI=1S/C16H28N2O/c1-11(2)13-7-8-14(16(10-13)19-6)15(18(4)5)9-12(3)17/h7-8,10-12,15H,9,17H2,1-6H3. The maximum atomic E-state index is 5.97. The SMILES string of the molecule is COc1cc(C(C)C)ccc1C(CC(C)N)N(C)C. The van der Waals surface area contributed by atoms with Gasteiger partial charge in [0.15, 0.2) is 0 Å². The lowest BCUT2D eigenvalue weighted by Crippen LogP contribution is -2.27. The Labute approximate surface area is 117 Å². The van der Waals surface area contributed by atoms with Gasteiger partial charge in [-0.2, -0.15) is 0 Å². The molecule has 0 saturated carbocycles. The fraction of sp³-hybridized carbons (Fsp3) is 0.625. The van der Waals surface area contributed by atoms with Crippen LogP contribution in [0.15, 0.2) is 18.2 Å². The monoisotopic (exact) mass is 264 g/mol. The molecule has 1 aromatic rings. The summed E-state index contributed by atoms with van der Waals surface area (Å²) in [6.45, 7) is 6.44. The molecule has 1 aromatic carbocycles. The van der Waals surface area contributed by atoms with Gasteiger partial charge < -0.3 is 15.4 Å². The highest BCUT2D eigenvalue weighted by atomic mass is 16.5. The summed E-state index contributed by atoms with van der Waals surface area (Å²) in [5.41, 5.74) is 8.49. The Balaban J connectivity index is 3.15. The molecule has 0 aliphatic rings. The van der Waals surface area contributed by atoms with E-state index in [2.05, 4.69) is 51.0 Å². The van der Waals surface area contributed by atoms with E-state index in [0.29, 0.717) is 5.92 Å². The Kier molecular flexibility index (Phi) is 5.83. The first-order valence-electron chi connectivity index (χ1n) is 6.96. The highest BCUT2D eigenvalue weighted by Crippen LogP contribution is 2.33. The lowest BCUT2D eigenvalue weighted by molar-refractivity contribution is 0.264. The molecule has 0 bridgehead atoms. The number of benzene rings is 1. The van der Waals surface area contributed by atoms with E-state index in [4.69, 9.17) is 10.5 Å². The van der Waals surface area contributed by atoms with Gasteiger partial charge in [0.1, 0.15) is 5.75 Å². The molecule has 3 heteroatoms. The number of ether oxygens (including phenoxy) is 1. The van der Waals surface area contributed by atoms with Crippen LogP contribution in [0.5, 0.6) is 5.75 Å². The fourth-order valence-electron chi connectivity index (χ4n) is 2.33. The smallest absolute Gasteiger partial charge is 0.123 e. The van der Waals surface area contributed by atoms with Crippen molar-refractivity contribution in [3.05, 3.63) is 29.3 Å². The Hall–Kier alpha value is -1.06. The fourth-order valence-corrected chi connectivity index (χ4v) is 2.33. The van der Waals surface area contributed by atoms with Crippen molar-refractivity contribution in [3.8, 4) is 5.75 Å². The molecule has 2 unspecified atom stereocenters. The zero-order valence-electron chi connectivity index (χ0n) is 13.1. The molecular weight excluding hydrogens is 236 g/mol. The second-order valence-electron chi connectivity index (χ2n) is 5.85. The molecule has 0 aliphatic heterocycles. The van der Waals surface area contributed by atoms with Gasteiger partial charge in [0.25, 0.3) is 0 Å². The average molecular weight is 264 g/mol. The van der Waals surface area contributed by atoms with Crippen LogP contribution < -0.4 is 10.5 Å². The third-order valence-electron chi connectivity index (χ3n) is 3.50. The first-order chi connectivity index (χ1) is 8.86. The molecule has 0 radical (unpaired) electrons. The van der Waals surface area contributed by atoms with Crippen LogP contribution in [0, 0.1) is 0 Å². The van der Waals surface area contributed by atoms with Crippen molar-refractivity contribution in [2.75, 3.05) is 21.2 Å². The number of nitrogens with zero attached hydrogens (tertiary/aromatic N) is 1. The maximum Gasteiger partial charge on any atom is 0.123 e. The normalized spacial score (nSPS) is 14.8. The maximum absolute atomic E-state index is 5.97. The van der Waals surface area contributed by atoms with E-state index in [1.165, 1.54) is 11.1 Å². The summed E-state index contributed by atoms with van der Waals surface area (Å²) >= 11 is 0. The van der Waals surface area contributed by atoms with Crippen LogP contribution in [0.25, 0.3) is 0 Å². The highest BCUT2D eigenvalue weighted by molar-refractivity contribution is 5.40. The van der Waals surface area contributed by atoms with Crippen molar-refractivity contribution < 1.29 is 4.74 Å². The van der Waals surface area contributed by atoms with Crippen LogP contribution >= 0.6 is 0 Å². The molecule has 0 amide bonds. The quantitative estimate of drug-likeness (QED) is 0.857. The summed E-state index contributed by atoms with van der Waals surface area (Å²) in [6.07, 6.45) is 0.921. The van der Waals surface area contributed by atoms with Crippen LogP contribution in [-0.2, 0) is 0 Å². The first kappa shape index (κ1) is 16.0. The minimum Gasteiger partial charge on any atom is -0.496 e. The second-order valence-corrected chi connectivity index (χ2v) is 5.85. The third kappa shape index (κ3) is 4.22. The molecule has 0 heterocycles. The number of nitrogens with two attached hydrogens (primary N) is 1. The largest absolute Gasteiger partial charge is 0.496 e. The molecule has 108 valence electrons. The number of hydrogen-bond donors (Lipinski definition) is 1. The van der Waals surface area contributed by atoms with Crippen molar-refractivity contribution in [3.63, 3.8) is 0 Å². The van der Waals surface area contributed by atoms with Crippen LogP contribution in [0.3, 0.4) is 0 Å². The highest BCUT2D eigenvalue weighted by Gasteiger charge is 2.20. The van der Waals surface area contributed by atoms with E-state index in [1.807, 2.05) is 6.92 Å². The molecule has 0 aromatic heterocycles. The third-order valence-corrected chi connectivity index (χ3v) is 3.50.